The number of ether oxygens (including phenoxy) is 1. The number of nitrogens with zero attached hydrogens (tertiary/aromatic N) is 1. The van der Waals surface area contributed by atoms with Crippen LogP contribution in [0, 0.1) is 11.8 Å². The molecule has 0 saturated heterocycles. The molecule has 1 fully saturated rings. The monoisotopic (exact) mass is 631 g/mol. The predicted molar refractivity (Wildman–Crippen MR) is 173 cm³/mol. The van der Waals surface area contributed by atoms with Crippen molar-refractivity contribution in [3.8, 4) is 0 Å². The maximum absolute atomic E-state index is 13.2. The van der Waals surface area contributed by atoms with Crippen molar-refractivity contribution in [3.05, 3.63) is 35.9 Å². The van der Waals surface area contributed by atoms with Gasteiger partial charge in [0.15, 0.2) is 5.96 Å². The number of aliphatic hydroxyl groups excluding tert-OH is 1. The molecule has 1 aliphatic rings. The zero-order valence-electron chi connectivity index (χ0n) is 26.9. The fourth-order valence-electron chi connectivity index (χ4n) is 5.24. The summed E-state index contributed by atoms with van der Waals surface area (Å²) in [5.74, 6) is -0.877. The number of aliphatic hydroxyl groups is 1. The lowest BCUT2D eigenvalue weighted by Crippen LogP contribution is -2.55. The summed E-state index contributed by atoms with van der Waals surface area (Å²) in [4.78, 5) is 55.3. The molecule has 0 heterocycles. The van der Waals surface area contributed by atoms with Gasteiger partial charge in [-0.1, -0.05) is 63.4 Å². The Morgan fingerprint density at radius 2 is 1.67 bits per heavy atom. The molecular formula is C32H53N7O6. The van der Waals surface area contributed by atoms with Crippen molar-refractivity contribution in [2.24, 2.45) is 28.3 Å². The largest absolute Gasteiger partial charge is 0.445 e. The number of alkyl carbamates (subject to hydrolysis) is 1. The Kier molecular flexibility index (Phi) is 16.8. The number of nitrogens with one attached hydrogen (secondary N) is 4. The molecule has 1 aliphatic carbocycles. The minimum absolute atomic E-state index is 0.0198. The summed E-state index contributed by atoms with van der Waals surface area (Å²) in [6.07, 6.45) is 4.74. The highest BCUT2D eigenvalue weighted by molar-refractivity contribution is 5.91. The van der Waals surface area contributed by atoms with E-state index in [0.29, 0.717) is 25.3 Å². The molecule has 2 rings (SSSR count). The normalized spacial score (nSPS) is 16.0. The van der Waals surface area contributed by atoms with Crippen LogP contribution in [0.2, 0.25) is 0 Å². The first-order valence-electron chi connectivity index (χ1n) is 16.0. The Morgan fingerprint density at radius 3 is 2.31 bits per heavy atom. The molecule has 13 nitrogen and oxygen atoms in total. The van der Waals surface area contributed by atoms with Crippen LogP contribution in [0.15, 0.2) is 35.3 Å². The Morgan fingerprint density at radius 1 is 0.978 bits per heavy atom. The van der Waals surface area contributed by atoms with Gasteiger partial charge in [-0.3, -0.25) is 19.4 Å². The number of hydrogen-bond acceptors (Lipinski definition) is 7. The third kappa shape index (κ3) is 15.6. The quantitative estimate of drug-likeness (QED) is 0.0720. The lowest BCUT2D eigenvalue weighted by Gasteiger charge is -2.28. The molecule has 1 saturated carbocycles. The SMILES string of the molecule is CC(C)C[C@H](NC(=O)[C@H](C)NC(=O)[C@H](CCCN=C(N)N)NC(=O)OCc1ccccc1)[C@@H](O)CC(=O)NCC1CCCCC1. The van der Waals surface area contributed by atoms with Gasteiger partial charge in [0, 0.05) is 13.1 Å². The molecule has 0 bridgehead atoms. The molecule has 1 aromatic carbocycles. The van der Waals surface area contributed by atoms with Gasteiger partial charge in [-0.15, -0.1) is 0 Å². The molecule has 4 atom stereocenters. The van der Waals surface area contributed by atoms with Crippen LogP contribution < -0.4 is 32.7 Å². The molecule has 0 aromatic heterocycles. The Bertz CT molecular complexity index is 1090. The van der Waals surface area contributed by atoms with E-state index < -0.39 is 42.1 Å². The number of amides is 4. The van der Waals surface area contributed by atoms with Gasteiger partial charge in [-0.25, -0.2) is 4.79 Å². The fraction of sp³-hybridized carbons (Fsp3) is 0.656. The maximum Gasteiger partial charge on any atom is 0.408 e. The molecule has 9 N–H and O–H groups in total. The van der Waals surface area contributed by atoms with Crippen molar-refractivity contribution in [1.82, 2.24) is 21.3 Å². The number of carbonyl (C=O) groups is 4. The first kappa shape index (κ1) is 37.3. The summed E-state index contributed by atoms with van der Waals surface area (Å²) in [6.45, 7) is 6.27. The summed E-state index contributed by atoms with van der Waals surface area (Å²) in [7, 11) is 0. The summed E-state index contributed by atoms with van der Waals surface area (Å²) in [6, 6.07) is 6.38. The van der Waals surface area contributed by atoms with Gasteiger partial charge in [0.2, 0.25) is 17.7 Å². The second kappa shape index (κ2) is 20.2. The number of guanidine groups is 1. The van der Waals surface area contributed by atoms with Gasteiger partial charge in [0.25, 0.3) is 0 Å². The van der Waals surface area contributed by atoms with Gasteiger partial charge in [-0.05, 0) is 56.4 Å². The van der Waals surface area contributed by atoms with Gasteiger partial charge in [0.1, 0.15) is 18.7 Å². The Balaban J connectivity index is 1.95. The standard InChI is InChI=1S/C32H53N7O6/c1-21(2)17-26(27(40)18-28(41)36-19-23-11-6-4-7-12-23)38-29(42)22(3)37-30(43)25(15-10-16-35-31(33)34)39-32(44)45-20-24-13-8-5-9-14-24/h5,8-9,13-14,21-23,25-27,40H,4,6-7,10-12,15-20H2,1-3H3,(H,36,41)(H,37,43)(H,38,42)(H,39,44)(H4,33,34,35)/t22-,25-,26-,27-/m0/s1. The highest BCUT2D eigenvalue weighted by Crippen LogP contribution is 2.22. The van der Waals surface area contributed by atoms with Crippen LogP contribution in [0.5, 0.6) is 0 Å². The molecule has 252 valence electrons. The average molecular weight is 632 g/mol. The third-order valence-corrected chi connectivity index (χ3v) is 7.74. The number of rotatable bonds is 18. The minimum Gasteiger partial charge on any atom is -0.445 e. The summed E-state index contributed by atoms with van der Waals surface area (Å²) < 4.78 is 5.27. The topological polar surface area (TPSA) is 210 Å². The summed E-state index contributed by atoms with van der Waals surface area (Å²) in [5, 5.41) is 21.8. The van der Waals surface area contributed by atoms with Crippen molar-refractivity contribution in [1.29, 1.82) is 0 Å². The van der Waals surface area contributed by atoms with E-state index in [9.17, 15) is 24.3 Å². The van der Waals surface area contributed by atoms with Crippen LogP contribution in [0.25, 0.3) is 0 Å². The molecular weight excluding hydrogens is 578 g/mol. The molecule has 13 heteroatoms. The molecule has 0 unspecified atom stereocenters. The van der Waals surface area contributed by atoms with E-state index in [-0.39, 0.29) is 43.8 Å². The molecule has 4 amide bonds. The van der Waals surface area contributed by atoms with Crippen LogP contribution in [0.4, 0.5) is 4.79 Å². The summed E-state index contributed by atoms with van der Waals surface area (Å²) >= 11 is 0. The number of nitrogens with two attached hydrogens (primary N) is 2. The number of benzene rings is 1. The number of hydrogen-bond donors (Lipinski definition) is 7. The molecule has 45 heavy (non-hydrogen) atoms. The van der Waals surface area contributed by atoms with Gasteiger partial charge in [-0.2, -0.15) is 0 Å². The summed E-state index contributed by atoms with van der Waals surface area (Å²) in [5.41, 5.74) is 11.5. The predicted octanol–water partition coefficient (Wildman–Crippen LogP) is 1.82. The van der Waals surface area contributed by atoms with Crippen LogP contribution in [0.1, 0.15) is 84.1 Å². The molecule has 1 aromatic rings. The van der Waals surface area contributed by atoms with E-state index in [1.165, 1.54) is 26.2 Å². The zero-order valence-corrected chi connectivity index (χ0v) is 26.9. The second-order valence-electron chi connectivity index (χ2n) is 12.3. The molecule has 0 radical (unpaired) electrons. The first-order valence-corrected chi connectivity index (χ1v) is 16.0. The van der Waals surface area contributed by atoms with Crippen LogP contribution in [-0.4, -0.2) is 72.2 Å². The maximum atomic E-state index is 13.2. The minimum atomic E-state index is -1.10. The van der Waals surface area contributed by atoms with Gasteiger partial charge < -0.3 is 42.6 Å². The van der Waals surface area contributed by atoms with E-state index in [1.54, 1.807) is 12.1 Å². The highest BCUT2D eigenvalue weighted by Gasteiger charge is 2.29. The Labute approximate surface area is 266 Å². The van der Waals surface area contributed by atoms with Crippen molar-refractivity contribution < 1.29 is 29.0 Å². The molecule has 0 aliphatic heterocycles. The van der Waals surface area contributed by atoms with Crippen LogP contribution >= 0.6 is 0 Å². The lowest BCUT2D eigenvalue weighted by molar-refractivity contribution is -0.131. The van der Waals surface area contributed by atoms with E-state index >= 15 is 0 Å². The second-order valence-corrected chi connectivity index (χ2v) is 12.3. The zero-order chi connectivity index (χ0) is 33.2. The van der Waals surface area contributed by atoms with Crippen molar-refractivity contribution in [2.45, 2.75) is 109 Å². The van der Waals surface area contributed by atoms with Crippen LogP contribution in [-0.2, 0) is 25.7 Å². The lowest BCUT2D eigenvalue weighted by atomic mass is 9.89. The Hall–Kier alpha value is -3.87. The highest BCUT2D eigenvalue weighted by atomic mass is 16.5. The third-order valence-electron chi connectivity index (χ3n) is 7.74. The first-order chi connectivity index (χ1) is 21.4. The number of aliphatic imine (C=N–C) groups is 1. The molecule has 0 spiro atoms. The smallest absolute Gasteiger partial charge is 0.408 e. The van der Waals surface area contributed by atoms with Crippen LogP contribution in [0.3, 0.4) is 0 Å². The van der Waals surface area contributed by atoms with Gasteiger partial charge in [0.05, 0.1) is 18.6 Å². The average Bonchev–Trinajstić information content (AvgIpc) is 3.00. The van der Waals surface area contributed by atoms with Crippen molar-refractivity contribution >= 4 is 29.8 Å². The van der Waals surface area contributed by atoms with E-state index in [4.69, 9.17) is 16.2 Å². The van der Waals surface area contributed by atoms with Crippen molar-refractivity contribution in [2.75, 3.05) is 13.1 Å². The fourth-order valence-corrected chi connectivity index (χ4v) is 5.24. The number of carbonyl (C=O) groups excluding carboxylic acids is 4. The van der Waals surface area contributed by atoms with E-state index in [2.05, 4.69) is 26.3 Å². The van der Waals surface area contributed by atoms with Gasteiger partial charge >= 0.3 is 6.09 Å². The van der Waals surface area contributed by atoms with E-state index in [0.717, 1.165) is 18.4 Å². The van der Waals surface area contributed by atoms with Crippen molar-refractivity contribution in [3.63, 3.8) is 0 Å². The van der Waals surface area contributed by atoms with E-state index in [1.807, 2.05) is 32.0 Å².